The Kier molecular flexibility index (Phi) is 7.80. The Balaban J connectivity index is 1.95. The van der Waals surface area contributed by atoms with Crippen molar-refractivity contribution in [3.05, 3.63) is 29.3 Å². The van der Waals surface area contributed by atoms with Crippen LogP contribution < -0.4 is 5.32 Å². The van der Waals surface area contributed by atoms with Gasteiger partial charge in [-0.2, -0.15) is 0 Å². The van der Waals surface area contributed by atoms with Gasteiger partial charge in [-0.25, -0.2) is 0 Å². The second kappa shape index (κ2) is 9.28. The molecule has 1 N–H and O–H groups in total. The van der Waals surface area contributed by atoms with Crippen molar-refractivity contribution in [3.8, 4) is 0 Å². The van der Waals surface area contributed by atoms with Crippen molar-refractivity contribution < 1.29 is 9.47 Å². The van der Waals surface area contributed by atoms with Crippen molar-refractivity contribution in [1.82, 2.24) is 0 Å². The maximum atomic E-state index is 5.79. The van der Waals surface area contributed by atoms with Gasteiger partial charge in [0.05, 0.1) is 19.8 Å². The third kappa shape index (κ3) is 7.21. The number of halogens is 1. The van der Waals surface area contributed by atoms with E-state index in [-0.39, 0.29) is 0 Å². The molecule has 17 heavy (non-hydrogen) atoms. The van der Waals surface area contributed by atoms with Crippen molar-refractivity contribution in [2.24, 2.45) is 0 Å². The lowest BCUT2D eigenvalue weighted by Gasteiger charge is -2.07. The summed E-state index contributed by atoms with van der Waals surface area (Å²) in [4.78, 5) is 0. The summed E-state index contributed by atoms with van der Waals surface area (Å²) in [6.45, 7) is 5.70. The Labute approximate surface area is 108 Å². The minimum Gasteiger partial charge on any atom is -0.383 e. The molecule has 96 valence electrons. The van der Waals surface area contributed by atoms with E-state index in [1.54, 1.807) is 0 Å². The van der Waals surface area contributed by atoms with Crippen LogP contribution in [-0.2, 0) is 9.47 Å². The number of hydrogen-bond donors (Lipinski definition) is 1. The third-order valence-electron chi connectivity index (χ3n) is 2.14. The highest BCUT2D eigenvalue weighted by Crippen LogP contribution is 2.12. The van der Waals surface area contributed by atoms with Crippen LogP contribution in [0, 0.1) is 0 Å². The van der Waals surface area contributed by atoms with Gasteiger partial charge in [-0.1, -0.05) is 18.5 Å². The molecule has 0 spiro atoms. The fourth-order valence-electron chi connectivity index (χ4n) is 1.30. The third-order valence-corrected chi connectivity index (χ3v) is 2.39. The minimum atomic E-state index is 0.655. The Morgan fingerprint density at radius 1 is 1.00 bits per heavy atom. The molecular weight excluding hydrogens is 238 g/mol. The summed E-state index contributed by atoms with van der Waals surface area (Å²) in [5, 5.41) is 4.00. The van der Waals surface area contributed by atoms with Gasteiger partial charge in [-0.15, -0.1) is 0 Å². The van der Waals surface area contributed by atoms with Crippen LogP contribution in [0.1, 0.15) is 13.3 Å². The van der Waals surface area contributed by atoms with Gasteiger partial charge in [0, 0.05) is 23.9 Å². The predicted octanol–water partition coefficient (Wildman–Crippen LogP) is 3.20. The number of benzene rings is 1. The second-order valence-corrected chi connectivity index (χ2v) is 4.09. The number of hydrogen-bond acceptors (Lipinski definition) is 3. The molecule has 0 aliphatic rings. The van der Waals surface area contributed by atoms with Gasteiger partial charge in [-0.3, -0.25) is 0 Å². The van der Waals surface area contributed by atoms with Crippen molar-refractivity contribution in [2.75, 3.05) is 38.3 Å². The van der Waals surface area contributed by atoms with Gasteiger partial charge in [0.2, 0.25) is 0 Å². The quantitative estimate of drug-likeness (QED) is 0.689. The molecule has 0 aliphatic heterocycles. The Morgan fingerprint density at radius 3 is 2.29 bits per heavy atom. The maximum absolute atomic E-state index is 5.79. The molecule has 0 radical (unpaired) electrons. The van der Waals surface area contributed by atoms with E-state index < -0.39 is 0 Å². The van der Waals surface area contributed by atoms with Gasteiger partial charge in [0.15, 0.2) is 0 Å². The van der Waals surface area contributed by atoms with E-state index in [9.17, 15) is 0 Å². The summed E-state index contributed by atoms with van der Waals surface area (Å²) in [6, 6.07) is 7.63. The van der Waals surface area contributed by atoms with Crippen LogP contribution in [0.4, 0.5) is 5.69 Å². The highest BCUT2D eigenvalue weighted by atomic mass is 35.5. The smallest absolute Gasteiger partial charge is 0.0701 e. The minimum absolute atomic E-state index is 0.655. The molecule has 0 amide bonds. The monoisotopic (exact) mass is 257 g/mol. The van der Waals surface area contributed by atoms with Crippen molar-refractivity contribution in [3.63, 3.8) is 0 Å². The van der Waals surface area contributed by atoms with Crippen LogP contribution in [0.3, 0.4) is 0 Å². The molecule has 1 aromatic carbocycles. The predicted molar refractivity (Wildman–Crippen MR) is 71.9 cm³/mol. The van der Waals surface area contributed by atoms with E-state index >= 15 is 0 Å². The van der Waals surface area contributed by atoms with E-state index in [0.29, 0.717) is 19.8 Å². The van der Waals surface area contributed by atoms with Gasteiger partial charge < -0.3 is 14.8 Å². The fraction of sp³-hybridized carbons (Fsp3) is 0.538. The summed E-state index contributed by atoms with van der Waals surface area (Å²) in [5.74, 6) is 0. The van der Waals surface area contributed by atoms with E-state index in [4.69, 9.17) is 21.1 Å². The zero-order valence-corrected chi connectivity index (χ0v) is 11.0. The normalized spacial score (nSPS) is 10.5. The lowest BCUT2D eigenvalue weighted by molar-refractivity contribution is 0.0519. The Bertz CT molecular complexity index is 290. The van der Waals surface area contributed by atoms with Gasteiger partial charge in [0.1, 0.15) is 0 Å². The summed E-state index contributed by atoms with van der Waals surface area (Å²) in [7, 11) is 0. The van der Waals surface area contributed by atoms with Crippen molar-refractivity contribution in [2.45, 2.75) is 13.3 Å². The summed E-state index contributed by atoms with van der Waals surface area (Å²) in [5.41, 5.74) is 1.06. The number of rotatable bonds is 9. The standard InChI is InChI=1S/C13H20ClNO2/c1-2-8-16-10-11-17-9-7-15-13-5-3-12(14)4-6-13/h3-6,15H,2,7-11H2,1H3. The van der Waals surface area contributed by atoms with Gasteiger partial charge >= 0.3 is 0 Å². The molecule has 0 saturated heterocycles. The molecule has 3 nitrogen and oxygen atoms in total. The van der Waals surface area contributed by atoms with Crippen LogP contribution in [0.25, 0.3) is 0 Å². The van der Waals surface area contributed by atoms with E-state index in [1.807, 2.05) is 24.3 Å². The van der Waals surface area contributed by atoms with Crippen molar-refractivity contribution in [1.29, 1.82) is 0 Å². The summed E-state index contributed by atoms with van der Waals surface area (Å²) < 4.78 is 10.7. The van der Waals surface area contributed by atoms with E-state index in [2.05, 4.69) is 12.2 Å². The zero-order chi connectivity index (χ0) is 12.3. The first-order valence-corrected chi connectivity index (χ1v) is 6.35. The maximum Gasteiger partial charge on any atom is 0.0701 e. The van der Waals surface area contributed by atoms with Crippen molar-refractivity contribution >= 4 is 17.3 Å². The first kappa shape index (κ1) is 14.3. The molecule has 0 aromatic heterocycles. The molecule has 4 heteroatoms. The second-order valence-electron chi connectivity index (χ2n) is 3.66. The van der Waals surface area contributed by atoms with Crippen LogP contribution in [0.2, 0.25) is 5.02 Å². The molecule has 0 bridgehead atoms. The largest absolute Gasteiger partial charge is 0.383 e. The lowest BCUT2D eigenvalue weighted by atomic mass is 10.3. The van der Waals surface area contributed by atoms with Crippen LogP contribution >= 0.6 is 11.6 Å². The Morgan fingerprint density at radius 2 is 1.65 bits per heavy atom. The molecule has 0 saturated carbocycles. The molecule has 0 unspecified atom stereocenters. The van der Waals surface area contributed by atoms with Gasteiger partial charge in [-0.05, 0) is 30.7 Å². The molecule has 0 atom stereocenters. The fourth-order valence-corrected chi connectivity index (χ4v) is 1.43. The number of nitrogens with one attached hydrogen (secondary N) is 1. The molecule has 1 aromatic rings. The van der Waals surface area contributed by atoms with Crippen LogP contribution in [0.15, 0.2) is 24.3 Å². The van der Waals surface area contributed by atoms with E-state index in [1.165, 1.54) is 0 Å². The van der Waals surface area contributed by atoms with Gasteiger partial charge in [0.25, 0.3) is 0 Å². The summed E-state index contributed by atoms with van der Waals surface area (Å²) in [6.07, 6.45) is 1.05. The van der Waals surface area contributed by atoms with E-state index in [0.717, 1.165) is 30.3 Å². The molecule has 0 aliphatic carbocycles. The zero-order valence-electron chi connectivity index (χ0n) is 10.2. The highest BCUT2D eigenvalue weighted by molar-refractivity contribution is 6.30. The molecule has 1 rings (SSSR count). The van der Waals surface area contributed by atoms with Crippen LogP contribution in [0.5, 0.6) is 0 Å². The molecular formula is C13H20ClNO2. The Hall–Kier alpha value is -0.770. The first-order valence-electron chi connectivity index (χ1n) is 5.98. The summed E-state index contributed by atoms with van der Waals surface area (Å²) >= 11 is 5.79. The number of ether oxygens (including phenoxy) is 2. The average molecular weight is 258 g/mol. The topological polar surface area (TPSA) is 30.5 Å². The molecule has 0 fully saturated rings. The van der Waals surface area contributed by atoms with Crippen LogP contribution in [-0.4, -0.2) is 33.0 Å². The highest BCUT2D eigenvalue weighted by Gasteiger charge is 1.92. The first-order chi connectivity index (χ1) is 8.33. The number of anilines is 1. The molecule has 0 heterocycles. The SMILES string of the molecule is CCCOCCOCCNc1ccc(Cl)cc1. The average Bonchev–Trinajstić information content (AvgIpc) is 2.35. The lowest BCUT2D eigenvalue weighted by Crippen LogP contribution is -2.12.